The van der Waals surface area contributed by atoms with E-state index in [-0.39, 0.29) is 12.2 Å². The van der Waals surface area contributed by atoms with E-state index in [1.54, 1.807) is 6.20 Å². The van der Waals surface area contributed by atoms with E-state index in [2.05, 4.69) is 30.4 Å². The summed E-state index contributed by atoms with van der Waals surface area (Å²) < 4.78 is 2.91. The molecule has 0 amide bonds. The zero-order chi connectivity index (χ0) is 23.5. The lowest BCUT2D eigenvalue weighted by Gasteiger charge is -2.31. The third-order valence-electron chi connectivity index (χ3n) is 6.45. The lowest BCUT2D eigenvalue weighted by atomic mass is 9.91. The fourth-order valence-electron chi connectivity index (χ4n) is 4.77. The van der Waals surface area contributed by atoms with Crippen LogP contribution in [0.2, 0.25) is 5.02 Å². The van der Waals surface area contributed by atoms with Crippen LogP contribution in [0.3, 0.4) is 0 Å². The van der Waals surface area contributed by atoms with Crippen LogP contribution in [0.1, 0.15) is 48.2 Å². The van der Waals surface area contributed by atoms with Crippen molar-refractivity contribution in [2.24, 2.45) is 5.92 Å². The Labute approximate surface area is 206 Å². The van der Waals surface area contributed by atoms with Crippen molar-refractivity contribution >= 4 is 50.3 Å². The van der Waals surface area contributed by atoms with E-state index >= 15 is 0 Å². The minimum Gasteiger partial charge on any atom is -0.481 e. The minimum atomic E-state index is -0.730. The van der Waals surface area contributed by atoms with Gasteiger partial charge in [0.1, 0.15) is 0 Å². The highest BCUT2D eigenvalue weighted by Crippen LogP contribution is 2.31. The molecular formula is C25H27BrClN3O3. The molecule has 0 spiro atoms. The van der Waals surface area contributed by atoms with Crippen LogP contribution < -0.4 is 0 Å². The summed E-state index contributed by atoms with van der Waals surface area (Å²) in [5.74, 6) is -0.112. The quantitative estimate of drug-likeness (QED) is 0.366. The first kappa shape index (κ1) is 23.9. The first-order valence-electron chi connectivity index (χ1n) is 11.2. The van der Waals surface area contributed by atoms with Crippen LogP contribution in [0.4, 0.5) is 0 Å². The van der Waals surface area contributed by atoms with Gasteiger partial charge in [0.15, 0.2) is 5.78 Å². The van der Waals surface area contributed by atoms with Crippen LogP contribution in [-0.4, -0.2) is 50.9 Å². The molecule has 6 nitrogen and oxygen atoms in total. The fraction of sp³-hybridized carbons (Fsp3) is 0.400. The number of fused-ring (bicyclic) bond motifs is 1. The average molecular weight is 533 g/mol. The molecule has 1 N–H and O–H groups in total. The van der Waals surface area contributed by atoms with Gasteiger partial charge in [0.05, 0.1) is 23.1 Å². The van der Waals surface area contributed by atoms with Crippen molar-refractivity contribution in [3.05, 3.63) is 57.3 Å². The maximum absolute atomic E-state index is 13.5. The van der Waals surface area contributed by atoms with Gasteiger partial charge in [-0.25, -0.2) is 0 Å². The molecule has 1 saturated heterocycles. The molecule has 174 valence electrons. The van der Waals surface area contributed by atoms with E-state index in [1.165, 1.54) is 0 Å². The third-order valence-corrected chi connectivity index (χ3v) is 7.14. The van der Waals surface area contributed by atoms with E-state index in [0.29, 0.717) is 28.6 Å². The molecule has 3 heterocycles. The van der Waals surface area contributed by atoms with Gasteiger partial charge < -0.3 is 9.67 Å². The van der Waals surface area contributed by atoms with Crippen molar-refractivity contribution < 1.29 is 14.7 Å². The van der Waals surface area contributed by atoms with Crippen molar-refractivity contribution in [1.82, 2.24) is 14.5 Å². The monoisotopic (exact) mass is 531 g/mol. The van der Waals surface area contributed by atoms with Gasteiger partial charge in [0.25, 0.3) is 0 Å². The second-order valence-corrected chi connectivity index (χ2v) is 10.1. The molecule has 3 aromatic rings. The molecule has 1 aromatic carbocycles. The number of piperidine rings is 1. The molecule has 0 aliphatic carbocycles. The van der Waals surface area contributed by atoms with Crippen LogP contribution in [-0.2, 0) is 4.79 Å². The van der Waals surface area contributed by atoms with Crippen LogP contribution >= 0.6 is 27.5 Å². The van der Waals surface area contributed by atoms with E-state index in [4.69, 9.17) is 16.7 Å². The first-order chi connectivity index (χ1) is 15.8. The molecular weight excluding hydrogens is 506 g/mol. The molecule has 0 saturated carbocycles. The number of Topliss-reactive ketones (excluding diaryl/α,β-unsaturated/α-hetero) is 1. The van der Waals surface area contributed by atoms with Crippen LogP contribution in [0.15, 0.2) is 41.0 Å². The SMILES string of the molecule is Cc1c(C(=O)CN2CCC(CCCC(=O)O)CC2)c2ncc(Br)cc2n1-c1ccc(Cl)cc1. The number of hydrogen-bond donors (Lipinski definition) is 1. The Bertz CT molecular complexity index is 1170. The van der Waals surface area contributed by atoms with Crippen molar-refractivity contribution in [1.29, 1.82) is 0 Å². The molecule has 0 bridgehead atoms. The summed E-state index contributed by atoms with van der Waals surface area (Å²) in [7, 11) is 0. The van der Waals surface area contributed by atoms with Gasteiger partial charge in [-0.05, 0) is 97.9 Å². The van der Waals surface area contributed by atoms with Crippen LogP contribution in [0, 0.1) is 12.8 Å². The zero-order valence-electron chi connectivity index (χ0n) is 18.6. The average Bonchev–Trinajstić information content (AvgIpc) is 3.06. The summed E-state index contributed by atoms with van der Waals surface area (Å²) in [6, 6.07) is 9.56. The van der Waals surface area contributed by atoms with Gasteiger partial charge in [-0.2, -0.15) is 0 Å². The number of halogens is 2. The number of aromatic nitrogens is 2. The number of rotatable bonds is 8. The van der Waals surface area contributed by atoms with Gasteiger partial charge in [-0.15, -0.1) is 0 Å². The normalized spacial score (nSPS) is 15.2. The molecule has 0 radical (unpaired) electrons. The lowest BCUT2D eigenvalue weighted by molar-refractivity contribution is -0.137. The minimum absolute atomic E-state index is 0.0735. The Hall–Kier alpha value is -2.22. The standard InChI is InChI=1S/C25H27BrClN3O3/c1-16-24(22(31)15-29-11-9-17(10-12-29)3-2-4-23(32)33)25-21(13-18(26)14-28-25)30(16)20-7-5-19(27)6-8-20/h5-8,13-14,17H,2-4,9-12,15H2,1H3,(H,32,33). The summed E-state index contributed by atoms with van der Waals surface area (Å²) in [4.78, 5) is 31.0. The molecule has 0 unspecified atom stereocenters. The van der Waals surface area contributed by atoms with Crippen LogP contribution in [0.5, 0.6) is 0 Å². The second kappa shape index (κ2) is 10.4. The van der Waals surface area contributed by atoms with Crippen molar-refractivity contribution in [3.63, 3.8) is 0 Å². The van der Waals surface area contributed by atoms with Crippen molar-refractivity contribution in [2.45, 2.75) is 39.0 Å². The van der Waals surface area contributed by atoms with Crippen molar-refractivity contribution in [2.75, 3.05) is 19.6 Å². The highest BCUT2D eigenvalue weighted by atomic mass is 79.9. The van der Waals surface area contributed by atoms with E-state index in [9.17, 15) is 9.59 Å². The fourth-order valence-corrected chi connectivity index (χ4v) is 5.21. The summed E-state index contributed by atoms with van der Waals surface area (Å²) in [5, 5.41) is 9.49. The number of carbonyl (C=O) groups is 2. The van der Waals surface area contributed by atoms with Crippen molar-refractivity contribution in [3.8, 4) is 5.69 Å². The van der Waals surface area contributed by atoms with Gasteiger partial charge >= 0.3 is 5.97 Å². The molecule has 1 aliphatic rings. The van der Waals surface area contributed by atoms with E-state index in [0.717, 1.165) is 60.1 Å². The maximum Gasteiger partial charge on any atom is 0.303 e. The summed E-state index contributed by atoms with van der Waals surface area (Å²) in [6.45, 7) is 4.04. The third kappa shape index (κ3) is 5.48. The lowest BCUT2D eigenvalue weighted by Crippen LogP contribution is -2.37. The highest BCUT2D eigenvalue weighted by molar-refractivity contribution is 9.10. The topological polar surface area (TPSA) is 75.4 Å². The first-order valence-corrected chi connectivity index (χ1v) is 12.4. The number of nitrogens with zero attached hydrogens (tertiary/aromatic N) is 3. The molecule has 0 atom stereocenters. The summed E-state index contributed by atoms with van der Waals surface area (Å²) in [6.07, 6.45) is 5.64. The van der Waals surface area contributed by atoms with E-state index in [1.807, 2.05) is 37.3 Å². The number of carbonyl (C=O) groups excluding carboxylic acids is 1. The Balaban J connectivity index is 1.53. The second-order valence-electron chi connectivity index (χ2n) is 8.72. The van der Waals surface area contributed by atoms with Crippen LogP contribution in [0.25, 0.3) is 16.7 Å². The number of pyridine rings is 1. The Morgan fingerprint density at radius 1 is 1.21 bits per heavy atom. The largest absolute Gasteiger partial charge is 0.481 e. The Kier molecular flexibility index (Phi) is 7.51. The van der Waals surface area contributed by atoms with Gasteiger partial charge in [0, 0.05) is 33.5 Å². The van der Waals surface area contributed by atoms with Gasteiger partial charge in [0.2, 0.25) is 0 Å². The summed E-state index contributed by atoms with van der Waals surface area (Å²) >= 11 is 9.59. The predicted molar refractivity (Wildman–Crippen MR) is 133 cm³/mol. The number of hydrogen-bond acceptors (Lipinski definition) is 4. The smallest absolute Gasteiger partial charge is 0.303 e. The maximum atomic E-state index is 13.5. The molecule has 33 heavy (non-hydrogen) atoms. The molecule has 8 heteroatoms. The number of ketones is 1. The summed E-state index contributed by atoms with van der Waals surface area (Å²) in [5.41, 5.74) is 4.05. The Morgan fingerprint density at radius 3 is 2.58 bits per heavy atom. The number of aliphatic carboxylic acids is 1. The molecule has 4 rings (SSSR count). The molecule has 1 fully saturated rings. The van der Waals surface area contributed by atoms with E-state index < -0.39 is 5.97 Å². The van der Waals surface area contributed by atoms with Gasteiger partial charge in [-0.1, -0.05) is 11.6 Å². The zero-order valence-corrected chi connectivity index (χ0v) is 20.9. The number of likely N-dealkylation sites (tertiary alicyclic amines) is 1. The van der Waals surface area contributed by atoms with Gasteiger partial charge in [-0.3, -0.25) is 19.5 Å². The highest BCUT2D eigenvalue weighted by Gasteiger charge is 2.26. The Morgan fingerprint density at radius 2 is 1.91 bits per heavy atom. The molecule has 1 aliphatic heterocycles. The number of carboxylic acid groups (broad SMARTS) is 1. The number of carboxylic acids is 1. The molecule has 2 aromatic heterocycles. The predicted octanol–water partition coefficient (Wildman–Crippen LogP) is 5.90. The number of benzene rings is 1.